The van der Waals surface area contributed by atoms with Gasteiger partial charge in [-0.2, -0.15) is 0 Å². The van der Waals surface area contributed by atoms with Gasteiger partial charge in [-0.1, -0.05) is 45.9 Å². The van der Waals surface area contributed by atoms with E-state index in [-0.39, 0.29) is 24.0 Å². The van der Waals surface area contributed by atoms with E-state index in [0.717, 1.165) is 31.1 Å². The first-order valence-electron chi connectivity index (χ1n) is 9.85. The zero-order valence-electron chi connectivity index (χ0n) is 16.9. The van der Waals surface area contributed by atoms with Gasteiger partial charge in [-0.05, 0) is 42.1 Å². The Labute approximate surface area is 166 Å². The molecule has 0 radical (unpaired) electrons. The second-order valence-electron chi connectivity index (χ2n) is 8.99. The van der Waals surface area contributed by atoms with Crippen LogP contribution in [0.2, 0.25) is 0 Å². The Balaban J connectivity index is 2.00. The van der Waals surface area contributed by atoms with Gasteiger partial charge in [-0.25, -0.2) is 0 Å². The molecule has 5 heteroatoms. The summed E-state index contributed by atoms with van der Waals surface area (Å²) in [4.78, 5) is 22.1. The molecule has 28 heavy (non-hydrogen) atoms. The van der Waals surface area contributed by atoms with Crippen molar-refractivity contribution in [2.24, 2.45) is 16.7 Å². The Morgan fingerprint density at radius 1 is 1.25 bits per heavy atom. The maximum absolute atomic E-state index is 11.8. The normalized spacial score (nSPS) is 39.3. The van der Waals surface area contributed by atoms with Crippen LogP contribution < -0.4 is 0 Å². The minimum absolute atomic E-state index is 0.0117. The molecule has 0 amide bonds. The summed E-state index contributed by atoms with van der Waals surface area (Å²) in [5, 5.41) is 11.8. The Morgan fingerprint density at radius 3 is 2.68 bits per heavy atom. The molecule has 2 aliphatic carbocycles. The lowest BCUT2D eigenvalue weighted by molar-refractivity contribution is -0.192. The smallest absolute Gasteiger partial charge is 0.152 e. The summed E-state index contributed by atoms with van der Waals surface area (Å²) in [5.41, 5.74) is -1.22. The summed E-state index contributed by atoms with van der Waals surface area (Å²) >= 11 is 0. The van der Waals surface area contributed by atoms with Crippen LogP contribution in [0.4, 0.5) is 0 Å². The topological polar surface area (TPSA) is 72.8 Å². The zero-order valence-corrected chi connectivity index (χ0v) is 16.9. The first kappa shape index (κ1) is 20.7. The summed E-state index contributed by atoms with van der Waals surface area (Å²) in [5.74, 6) is 0.472. The minimum Gasteiger partial charge on any atom is -0.487 e. The predicted molar refractivity (Wildman–Crippen MR) is 106 cm³/mol. The molecule has 2 fully saturated rings. The van der Waals surface area contributed by atoms with Crippen molar-refractivity contribution in [2.45, 2.75) is 57.8 Å². The highest BCUT2D eigenvalue weighted by Crippen LogP contribution is 2.64. The van der Waals surface area contributed by atoms with Crippen LogP contribution in [0.3, 0.4) is 0 Å². The summed E-state index contributed by atoms with van der Waals surface area (Å²) < 4.78 is 11.9. The molecule has 152 valence electrons. The fraction of sp³-hybridized carbons (Fsp3) is 0.565. The maximum Gasteiger partial charge on any atom is 0.152 e. The van der Waals surface area contributed by atoms with Crippen molar-refractivity contribution in [1.82, 2.24) is 0 Å². The molecule has 0 aromatic carbocycles. The fourth-order valence-electron chi connectivity index (χ4n) is 5.80. The van der Waals surface area contributed by atoms with Crippen molar-refractivity contribution >= 4 is 12.6 Å². The summed E-state index contributed by atoms with van der Waals surface area (Å²) in [6, 6.07) is 0. The van der Waals surface area contributed by atoms with Crippen molar-refractivity contribution in [2.75, 3.05) is 6.61 Å². The molecule has 5 atom stereocenters. The number of carbonyl (C=O) groups excluding carboxylic acids is 2. The van der Waals surface area contributed by atoms with Gasteiger partial charge >= 0.3 is 0 Å². The van der Waals surface area contributed by atoms with Gasteiger partial charge < -0.3 is 19.4 Å². The predicted octanol–water partition coefficient (Wildman–Crippen LogP) is 3.30. The molecule has 0 spiro atoms. The number of ether oxygens (including phenoxy) is 2. The molecule has 5 nitrogen and oxygen atoms in total. The maximum atomic E-state index is 11.8. The average Bonchev–Trinajstić information content (AvgIpc) is 2.95. The SMILES string of the molecule is C=C(/C=C/C=C/C=O)O[C@@H]1C=C2CO[C@@H](C=O)[C@]2(O)[C@@]2(C)CCCC(C)(C)C12. The van der Waals surface area contributed by atoms with Crippen molar-refractivity contribution in [3.63, 3.8) is 0 Å². The highest BCUT2D eigenvalue weighted by molar-refractivity contribution is 5.65. The van der Waals surface area contributed by atoms with Gasteiger partial charge in [0.2, 0.25) is 0 Å². The largest absolute Gasteiger partial charge is 0.487 e. The van der Waals surface area contributed by atoms with Crippen molar-refractivity contribution in [1.29, 1.82) is 0 Å². The lowest BCUT2D eigenvalue weighted by atomic mass is 9.45. The van der Waals surface area contributed by atoms with Crippen LogP contribution in [0.1, 0.15) is 40.0 Å². The summed E-state index contributed by atoms with van der Waals surface area (Å²) in [6.07, 6.45) is 11.5. The Hall–Kier alpha value is -1.98. The van der Waals surface area contributed by atoms with E-state index >= 15 is 0 Å². The van der Waals surface area contributed by atoms with Crippen molar-refractivity contribution < 1.29 is 24.2 Å². The van der Waals surface area contributed by atoms with Gasteiger partial charge in [0.25, 0.3) is 0 Å². The van der Waals surface area contributed by atoms with Crippen LogP contribution in [0.5, 0.6) is 0 Å². The van der Waals surface area contributed by atoms with Crippen LogP contribution in [-0.4, -0.2) is 42.1 Å². The number of hydrogen-bond donors (Lipinski definition) is 1. The van der Waals surface area contributed by atoms with Gasteiger partial charge in [0.1, 0.15) is 29.9 Å². The molecular formula is C23H30O5. The standard InChI is InChI=1S/C23H30O5/c1-16(9-6-5-7-12-24)28-18-13-17-15-27-19(14-25)23(17,26)22(4)11-8-10-21(2,3)20(18)22/h5-7,9,12-14,18-20,26H,1,8,10-11,15H2,2-4H3/b7-5+,9-6+/t18-,19+,20?,22+,23+/m1/s1. The van der Waals surface area contributed by atoms with Gasteiger partial charge in [-0.3, -0.25) is 4.79 Å². The molecule has 0 aromatic rings. The van der Waals surface area contributed by atoms with Crippen LogP contribution in [0, 0.1) is 16.7 Å². The summed E-state index contributed by atoms with van der Waals surface area (Å²) in [7, 11) is 0. The number of allylic oxidation sites excluding steroid dienone is 4. The Bertz CT molecular complexity index is 746. The van der Waals surface area contributed by atoms with Crippen LogP contribution in [0.15, 0.2) is 48.3 Å². The van der Waals surface area contributed by atoms with E-state index in [4.69, 9.17) is 9.47 Å². The molecule has 1 unspecified atom stereocenters. The number of aliphatic hydroxyl groups is 1. The molecule has 1 N–H and O–H groups in total. The third kappa shape index (κ3) is 3.11. The minimum atomic E-state index is -1.30. The number of rotatable bonds is 6. The van der Waals surface area contributed by atoms with E-state index in [2.05, 4.69) is 27.4 Å². The molecular weight excluding hydrogens is 356 g/mol. The quantitative estimate of drug-likeness (QED) is 0.249. The average molecular weight is 386 g/mol. The first-order valence-corrected chi connectivity index (χ1v) is 9.85. The Morgan fingerprint density at radius 2 is 2.00 bits per heavy atom. The molecule has 0 aromatic heterocycles. The third-order valence-electron chi connectivity index (χ3n) is 6.92. The third-order valence-corrected chi connectivity index (χ3v) is 6.92. The molecule has 1 saturated heterocycles. The number of aldehydes is 2. The molecule has 1 saturated carbocycles. The highest BCUT2D eigenvalue weighted by Gasteiger charge is 2.68. The van der Waals surface area contributed by atoms with E-state index in [1.807, 2.05) is 6.08 Å². The van der Waals surface area contributed by atoms with E-state index in [1.54, 1.807) is 18.2 Å². The van der Waals surface area contributed by atoms with E-state index in [1.165, 1.54) is 6.08 Å². The molecule has 1 aliphatic heterocycles. The molecule has 3 aliphatic rings. The van der Waals surface area contributed by atoms with Crippen LogP contribution in [-0.2, 0) is 19.1 Å². The molecule has 0 bridgehead atoms. The second-order valence-corrected chi connectivity index (χ2v) is 8.99. The van der Waals surface area contributed by atoms with Crippen molar-refractivity contribution in [3.8, 4) is 0 Å². The summed E-state index contributed by atoms with van der Waals surface area (Å²) in [6.45, 7) is 10.7. The monoisotopic (exact) mass is 386 g/mol. The van der Waals surface area contributed by atoms with E-state index in [0.29, 0.717) is 12.0 Å². The van der Waals surface area contributed by atoms with E-state index in [9.17, 15) is 14.7 Å². The lowest BCUT2D eigenvalue weighted by Gasteiger charge is -2.61. The molecule has 1 heterocycles. The van der Waals surface area contributed by atoms with Gasteiger partial charge in [0.15, 0.2) is 6.29 Å². The number of fused-ring (bicyclic) bond motifs is 3. The lowest BCUT2D eigenvalue weighted by Crippen LogP contribution is -2.66. The van der Waals surface area contributed by atoms with Crippen molar-refractivity contribution in [3.05, 3.63) is 48.3 Å². The fourth-order valence-corrected chi connectivity index (χ4v) is 5.80. The molecule has 3 rings (SSSR count). The van der Waals surface area contributed by atoms with Crippen LogP contribution >= 0.6 is 0 Å². The van der Waals surface area contributed by atoms with Crippen LogP contribution in [0.25, 0.3) is 0 Å². The second kappa shape index (κ2) is 7.45. The first-order chi connectivity index (χ1) is 13.2. The number of hydrogen-bond acceptors (Lipinski definition) is 5. The van der Waals surface area contributed by atoms with E-state index < -0.39 is 17.1 Å². The Kier molecular flexibility index (Phi) is 5.52. The highest BCUT2D eigenvalue weighted by atomic mass is 16.5. The van der Waals surface area contributed by atoms with Gasteiger partial charge in [-0.15, -0.1) is 0 Å². The van der Waals surface area contributed by atoms with Gasteiger partial charge in [0, 0.05) is 11.3 Å². The zero-order chi connectivity index (χ0) is 20.6. The number of carbonyl (C=O) groups is 2. The van der Waals surface area contributed by atoms with Gasteiger partial charge in [0.05, 0.1) is 6.61 Å².